The van der Waals surface area contributed by atoms with Gasteiger partial charge in [-0.3, -0.25) is 9.20 Å². The van der Waals surface area contributed by atoms with Crippen LogP contribution in [0.2, 0.25) is 0 Å². The molecule has 1 rings (SSSR count). The third-order valence-electron chi connectivity index (χ3n) is 3.41. The average molecular weight is 538 g/mol. The third kappa shape index (κ3) is 15.2. The number of amides is 1. The number of benzene rings is 1. The average Bonchev–Trinajstić information content (AvgIpc) is 2.60. The first kappa shape index (κ1) is 27.6. The van der Waals surface area contributed by atoms with Crippen molar-refractivity contribution in [3.8, 4) is 0 Å². The van der Waals surface area contributed by atoms with Gasteiger partial charge >= 0.3 is 6.09 Å². The molecule has 0 bridgehead atoms. The summed E-state index contributed by atoms with van der Waals surface area (Å²) in [6, 6.07) is 9.84. The van der Waals surface area contributed by atoms with E-state index < -0.39 is 22.5 Å². The molecule has 0 aliphatic rings. The van der Waals surface area contributed by atoms with Gasteiger partial charge in [-0.2, -0.15) is 0 Å². The molecule has 0 aromatic heterocycles. The van der Waals surface area contributed by atoms with Gasteiger partial charge in [-0.05, 0) is 39.7 Å². The SMILES string of the molecule is CCNC(=NCCCNC(=O)OC(C)(C)C)NCCS(=O)Cc1ccccc1.I. The molecule has 0 aliphatic carbocycles. The van der Waals surface area contributed by atoms with Gasteiger partial charge in [-0.15, -0.1) is 24.0 Å². The fraction of sp³-hybridized carbons (Fsp3) is 0.600. The van der Waals surface area contributed by atoms with Gasteiger partial charge in [0.15, 0.2) is 5.96 Å². The summed E-state index contributed by atoms with van der Waals surface area (Å²) in [5.74, 6) is 1.81. The van der Waals surface area contributed by atoms with Crippen molar-refractivity contribution >= 4 is 46.8 Å². The Bertz CT molecular complexity index is 636. The number of alkyl carbamates (subject to hydrolysis) is 1. The molecule has 0 saturated carbocycles. The summed E-state index contributed by atoms with van der Waals surface area (Å²) in [6.07, 6.45) is 0.290. The van der Waals surface area contributed by atoms with Crippen LogP contribution in [0.15, 0.2) is 35.3 Å². The van der Waals surface area contributed by atoms with Gasteiger partial charge in [0.2, 0.25) is 0 Å². The number of halogens is 1. The second-order valence-electron chi connectivity index (χ2n) is 7.24. The minimum Gasteiger partial charge on any atom is -0.444 e. The van der Waals surface area contributed by atoms with Gasteiger partial charge in [0, 0.05) is 48.5 Å². The number of aliphatic imine (C=N–C) groups is 1. The molecular weight excluding hydrogens is 503 g/mol. The molecule has 1 aromatic rings. The number of hydrogen-bond acceptors (Lipinski definition) is 4. The second kappa shape index (κ2) is 15.5. The normalized spacial score (nSPS) is 12.5. The molecule has 1 amide bonds. The zero-order valence-corrected chi connectivity index (χ0v) is 21.0. The summed E-state index contributed by atoms with van der Waals surface area (Å²) in [6.45, 7) is 9.89. The molecule has 0 aliphatic heterocycles. The van der Waals surface area contributed by atoms with E-state index in [0.717, 1.165) is 12.1 Å². The lowest BCUT2D eigenvalue weighted by Crippen LogP contribution is -2.39. The molecule has 1 aromatic carbocycles. The first-order chi connectivity index (χ1) is 13.3. The quantitative estimate of drug-likeness (QED) is 0.184. The Morgan fingerprint density at radius 1 is 1.10 bits per heavy atom. The number of nitrogens with zero attached hydrogens (tertiary/aromatic N) is 1. The van der Waals surface area contributed by atoms with Gasteiger partial charge in [0.25, 0.3) is 0 Å². The molecule has 3 N–H and O–H groups in total. The highest BCUT2D eigenvalue weighted by molar-refractivity contribution is 14.0. The molecule has 0 radical (unpaired) electrons. The summed E-state index contributed by atoms with van der Waals surface area (Å²) in [5.41, 5.74) is 0.587. The molecule has 7 nitrogen and oxygen atoms in total. The summed E-state index contributed by atoms with van der Waals surface area (Å²) in [7, 11) is -0.921. The second-order valence-corrected chi connectivity index (χ2v) is 8.82. The predicted molar refractivity (Wildman–Crippen MR) is 131 cm³/mol. The van der Waals surface area contributed by atoms with Crippen LogP contribution in [0.4, 0.5) is 4.79 Å². The number of nitrogens with one attached hydrogen (secondary N) is 3. The molecule has 0 spiro atoms. The minimum absolute atomic E-state index is 0. The maximum absolute atomic E-state index is 12.2. The van der Waals surface area contributed by atoms with Crippen molar-refractivity contribution in [2.45, 2.75) is 45.5 Å². The number of carbonyl (C=O) groups is 1. The van der Waals surface area contributed by atoms with Crippen molar-refractivity contribution in [1.82, 2.24) is 16.0 Å². The van der Waals surface area contributed by atoms with E-state index in [1.165, 1.54) is 0 Å². The first-order valence-corrected chi connectivity index (χ1v) is 11.2. The molecule has 1 atom stereocenters. The molecule has 0 saturated heterocycles. The van der Waals surface area contributed by atoms with E-state index >= 15 is 0 Å². The number of rotatable bonds is 10. The van der Waals surface area contributed by atoms with E-state index in [-0.39, 0.29) is 24.0 Å². The Kier molecular flexibility index (Phi) is 14.8. The highest BCUT2D eigenvalue weighted by Gasteiger charge is 2.15. The molecule has 0 fully saturated rings. The summed E-state index contributed by atoms with van der Waals surface area (Å²) in [4.78, 5) is 16.0. The Morgan fingerprint density at radius 3 is 2.41 bits per heavy atom. The van der Waals surface area contributed by atoms with Gasteiger partial charge in [0.05, 0.1) is 0 Å². The van der Waals surface area contributed by atoms with Crippen molar-refractivity contribution in [3.63, 3.8) is 0 Å². The molecule has 0 heterocycles. The standard InChI is InChI=1S/C20H34N4O3S.HI/c1-5-21-18(22-12-9-13-24-19(25)27-20(2,3)4)23-14-15-28(26)16-17-10-7-6-8-11-17;/h6-8,10-11H,5,9,12-16H2,1-4H3,(H,24,25)(H2,21,22,23);1H. The zero-order chi connectivity index (χ0) is 20.8. The van der Waals surface area contributed by atoms with Crippen LogP contribution in [0.1, 0.15) is 39.7 Å². The van der Waals surface area contributed by atoms with Gasteiger partial charge in [-0.25, -0.2) is 4.79 Å². The zero-order valence-electron chi connectivity index (χ0n) is 17.8. The van der Waals surface area contributed by atoms with Crippen LogP contribution in [0, 0.1) is 0 Å². The molecule has 29 heavy (non-hydrogen) atoms. The van der Waals surface area contributed by atoms with Crippen molar-refractivity contribution in [2.24, 2.45) is 4.99 Å². The molecule has 9 heteroatoms. The Morgan fingerprint density at radius 2 is 1.79 bits per heavy atom. The fourth-order valence-corrected chi connectivity index (χ4v) is 3.27. The van der Waals surface area contributed by atoms with E-state index in [1.807, 2.05) is 58.0 Å². The lowest BCUT2D eigenvalue weighted by Gasteiger charge is -2.19. The van der Waals surface area contributed by atoms with Crippen LogP contribution in [0.5, 0.6) is 0 Å². The van der Waals surface area contributed by atoms with Gasteiger partial charge < -0.3 is 20.7 Å². The van der Waals surface area contributed by atoms with E-state index in [4.69, 9.17) is 4.74 Å². The lowest BCUT2D eigenvalue weighted by molar-refractivity contribution is 0.0527. The third-order valence-corrected chi connectivity index (χ3v) is 4.72. The molecule has 1 unspecified atom stereocenters. The van der Waals surface area contributed by atoms with Crippen molar-refractivity contribution in [1.29, 1.82) is 0 Å². The Hall–Kier alpha value is -1.36. The van der Waals surface area contributed by atoms with Crippen molar-refractivity contribution in [3.05, 3.63) is 35.9 Å². The van der Waals surface area contributed by atoms with E-state index in [0.29, 0.717) is 43.5 Å². The predicted octanol–water partition coefficient (Wildman–Crippen LogP) is 3.02. The van der Waals surface area contributed by atoms with Crippen LogP contribution in [-0.2, 0) is 21.3 Å². The van der Waals surface area contributed by atoms with Crippen LogP contribution >= 0.6 is 24.0 Å². The maximum atomic E-state index is 12.2. The first-order valence-electron chi connectivity index (χ1n) is 9.68. The smallest absolute Gasteiger partial charge is 0.407 e. The number of hydrogen-bond donors (Lipinski definition) is 3. The summed E-state index contributed by atoms with van der Waals surface area (Å²) < 4.78 is 17.4. The Labute approximate surface area is 194 Å². The van der Waals surface area contributed by atoms with E-state index in [9.17, 15) is 9.00 Å². The fourth-order valence-electron chi connectivity index (χ4n) is 2.23. The van der Waals surface area contributed by atoms with Crippen LogP contribution in [0.25, 0.3) is 0 Å². The topological polar surface area (TPSA) is 91.8 Å². The minimum atomic E-state index is -0.921. The van der Waals surface area contributed by atoms with Gasteiger partial charge in [-0.1, -0.05) is 30.3 Å². The summed E-state index contributed by atoms with van der Waals surface area (Å²) in [5, 5.41) is 9.08. The number of ether oxygens (including phenoxy) is 1. The van der Waals surface area contributed by atoms with Crippen LogP contribution < -0.4 is 16.0 Å². The number of carbonyl (C=O) groups excluding carboxylic acids is 1. The maximum Gasteiger partial charge on any atom is 0.407 e. The number of guanidine groups is 1. The highest BCUT2D eigenvalue weighted by atomic mass is 127. The van der Waals surface area contributed by atoms with Crippen molar-refractivity contribution < 1.29 is 13.7 Å². The lowest BCUT2D eigenvalue weighted by atomic mass is 10.2. The largest absolute Gasteiger partial charge is 0.444 e. The van der Waals surface area contributed by atoms with E-state index in [1.54, 1.807) is 0 Å². The highest BCUT2D eigenvalue weighted by Crippen LogP contribution is 2.06. The summed E-state index contributed by atoms with van der Waals surface area (Å²) >= 11 is 0. The van der Waals surface area contributed by atoms with Crippen LogP contribution in [0.3, 0.4) is 0 Å². The van der Waals surface area contributed by atoms with Crippen LogP contribution in [-0.4, -0.2) is 53.8 Å². The monoisotopic (exact) mass is 538 g/mol. The van der Waals surface area contributed by atoms with E-state index in [2.05, 4.69) is 20.9 Å². The van der Waals surface area contributed by atoms with Gasteiger partial charge in [0.1, 0.15) is 5.60 Å². The van der Waals surface area contributed by atoms with Crippen molar-refractivity contribution in [2.75, 3.05) is 31.9 Å². The Balaban J connectivity index is 0.00000784. The molecule has 166 valence electrons. The molecular formula is C20H35IN4O3S.